The first-order chi connectivity index (χ1) is 16.8. The number of esters is 2. The monoisotopic (exact) mass is 483 g/mol. The minimum atomic E-state index is -0.622. The maximum absolute atomic E-state index is 13.4. The molecule has 184 valence electrons. The number of nitrogens with two attached hydrogens (primary N) is 1. The predicted molar refractivity (Wildman–Crippen MR) is 125 cm³/mol. The van der Waals surface area contributed by atoms with Crippen LogP contribution >= 0.6 is 0 Å². The van der Waals surface area contributed by atoms with Crippen LogP contribution in [0, 0.1) is 5.41 Å². The third-order valence-electron chi connectivity index (χ3n) is 5.15. The van der Waals surface area contributed by atoms with Crippen molar-refractivity contribution in [3.8, 4) is 11.5 Å². The van der Waals surface area contributed by atoms with Gasteiger partial charge in [0.05, 0.1) is 33.4 Å². The van der Waals surface area contributed by atoms with E-state index >= 15 is 0 Å². The molecule has 3 N–H and O–H groups in total. The zero-order chi connectivity index (χ0) is 25.5. The Hall–Kier alpha value is -4.54. The summed E-state index contributed by atoms with van der Waals surface area (Å²) in [6.07, 6.45) is 0. The minimum Gasteiger partial charge on any atom is -0.498 e. The first-order valence-corrected chi connectivity index (χ1v) is 10.4. The van der Waals surface area contributed by atoms with Crippen LogP contribution in [0.5, 0.6) is 11.5 Å². The molecule has 0 fully saturated rings. The largest absolute Gasteiger partial charge is 0.498 e. The van der Waals surface area contributed by atoms with Crippen LogP contribution in [0.4, 0.5) is 5.69 Å². The third-order valence-corrected chi connectivity index (χ3v) is 5.15. The van der Waals surface area contributed by atoms with Gasteiger partial charge in [0.2, 0.25) is 0 Å². The lowest BCUT2D eigenvalue weighted by Crippen LogP contribution is -2.26. The number of methoxy groups -OCH3 is 3. The smallest absolute Gasteiger partial charge is 0.343 e. The van der Waals surface area contributed by atoms with E-state index in [1.54, 1.807) is 30.3 Å². The summed E-state index contributed by atoms with van der Waals surface area (Å²) in [7, 11) is 3.92. The number of hydrogen-bond donors (Lipinski definition) is 2. The van der Waals surface area contributed by atoms with E-state index in [1.165, 1.54) is 38.4 Å². The van der Waals surface area contributed by atoms with Crippen molar-refractivity contribution in [1.82, 2.24) is 0 Å². The average molecular weight is 483 g/mol. The standard InChI is InChI=1S/C24H25N3O8/c1-31-19-11-27(16-7-4-14(5-8-16)23(25)26)24(30)22(19)15-6-9-17(34-12-20(28)32-2)18(10-15)35-13-21(29)33-3/h4-10H,11-13H2,1-3H3,(H3,25,26). The number of nitrogens with one attached hydrogen (secondary N) is 1. The highest BCUT2D eigenvalue weighted by molar-refractivity contribution is 6.29. The van der Waals surface area contributed by atoms with E-state index in [1.807, 2.05) is 0 Å². The molecule has 11 heteroatoms. The second-order valence-corrected chi connectivity index (χ2v) is 7.25. The van der Waals surface area contributed by atoms with Crippen molar-refractivity contribution in [1.29, 1.82) is 5.41 Å². The van der Waals surface area contributed by atoms with E-state index in [0.717, 1.165) is 0 Å². The molecule has 0 atom stereocenters. The van der Waals surface area contributed by atoms with Gasteiger partial charge in [-0.3, -0.25) is 10.2 Å². The molecule has 1 amide bonds. The van der Waals surface area contributed by atoms with Gasteiger partial charge in [0.15, 0.2) is 24.7 Å². The lowest BCUT2D eigenvalue weighted by molar-refractivity contribution is -0.144. The maximum Gasteiger partial charge on any atom is 0.343 e. The quantitative estimate of drug-likeness (QED) is 0.291. The molecule has 0 radical (unpaired) electrons. The Labute approximate surface area is 201 Å². The number of ether oxygens (including phenoxy) is 5. The van der Waals surface area contributed by atoms with Crippen LogP contribution in [0.2, 0.25) is 0 Å². The molecular formula is C24H25N3O8. The SMILES string of the molecule is COC(=O)COc1ccc(C2=C(OC)CN(c3ccc(C(=N)N)cc3)C2=O)cc1OCC(=O)OC. The van der Waals surface area contributed by atoms with Crippen LogP contribution in [-0.4, -0.2) is 64.8 Å². The van der Waals surface area contributed by atoms with Gasteiger partial charge in [0.25, 0.3) is 5.91 Å². The fourth-order valence-corrected chi connectivity index (χ4v) is 3.32. The lowest BCUT2D eigenvalue weighted by atomic mass is 10.0. The summed E-state index contributed by atoms with van der Waals surface area (Å²) in [6, 6.07) is 11.3. The fraction of sp³-hybridized carbons (Fsp3) is 0.250. The third kappa shape index (κ3) is 5.69. The van der Waals surface area contributed by atoms with Crippen LogP contribution < -0.4 is 20.1 Å². The molecule has 0 saturated heterocycles. The molecule has 35 heavy (non-hydrogen) atoms. The molecule has 1 aliphatic rings. The highest BCUT2D eigenvalue weighted by Gasteiger charge is 2.34. The summed E-state index contributed by atoms with van der Waals surface area (Å²) in [6.45, 7) is -0.601. The van der Waals surface area contributed by atoms with E-state index in [9.17, 15) is 14.4 Å². The van der Waals surface area contributed by atoms with Crippen molar-refractivity contribution in [3.05, 3.63) is 59.4 Å². The van der Waals surface area contributed by atoms with Crippen molar-refractivity contribution >= 4 is 34.9 Å². The number of carbonyl (C=O) groups is 3. The predicted octanol–water partition coefficient (Wildman–Crippen LogP) is 1.48. The van der Waals surface area contributed by atoms with Gasteiger partial charge in [0, 0.05) is 11.3 Å². The molecular weight excluding hydrogens is 458 g/mol. The number of amidine groups is 1. The summed E-state index contributed by atoms with van der Waals surface area (Å²) >= 11 is 0. The zero-order valence-electron chi connectivity index (χ0n) is 19.5. The highest BCUT2D eigenvalue weighted by atomic mass is 16.6. The van der Waals surface area contributed by atoms with Gasteiger partial charge >= 0.3 is 11.9 Å². The van der Waals surface area contributed by atoms with Crippen LogP contribution in [0.15, 0.2) is 48.2 Å². The Kier molecular flexibility index (Phi) is 7.92. The average Bonchev–Trinajstić information content (AvgIpc) is 3.21. The number of benzene rings is 2. The summed E-state index contributed by atoms with van der Waals surface area (Å²) in [5.41, 5.74) is 7.40. The molecule has 0 saturated carbocycles. The molecule has 1 aliphatic heterocycles. The number of rotatable bonds is 10. The molecule has 3 rings (SSSR count). The molecule has 2 aromatic rings. The van der Waals surface area contributed by atoms with E-state index < -0.39 is 18.5 Å². The van der Waals surface area contributed by atoms with Gasteiger partial charge in [-0.15, -0.1) is 0 Å². The van der Waals surface area contributed by atoms with Crippen LogP contribution in [0.25, 0.3) is 5.57 Å². The summed E-state index contributed by atoms with van der Waals surface area (Å²) in [4.78, 5) is 38.0. The van der Waals surface area contributed by atoms with Crippen molar-refractivity contribution in [2.45, 2.75) is 0 Å². The number of amides is 1. The topological polar surface area (TPSA) is 150 Å². The van der Waals surface area contributed by atoms with E-state index in [4.69, 9.17) is 25.4 Å². The maximum atomic E-state index is 13.4. The second-order valence-electron chi connectivity index (χ2n) is 7.25. The van der Waals surface area contributed by atoms with Gasteiger partial charge in [-0.1, -0.05) is 6.07 Å². The first kappa shape index (κ1) is 25.1. The summed E-state index contributed by atoms with van der Waals surface area (Å²) < 4.78 is 25.7. The van der Waals surface area contributed by atoms with E-state index in [-0.39, 0.29) is 36.4 Å². The number of hydrogen-bond acceptors (Lipinski definition) is 9. The summed E-state index contributed by atoms with van der Waals surface area (Å²) in [5.74, 6) is -0.901. The Bertz CT molecular complexity index is 1170. The van der Waals surface area contributed by atoms with Gasteiger partial charge in [-0.2, -0.15) is 0 Å². The van der Waals surface area contributed by atoms with Crippen LogP contribution in [0.3, 0.4) is 0 Å². The molecule has 2 aromatic carbocycles. The van der Waals surface area contributed by atoms with Gasteiger partial charge in [-0.25, -0.2) is 9.59 Å². The molecule has 0 aliphatic carbocycles. The minimum absolute atomic E-state index is 0.0744. The number of nitrogens with zero attached hydrogens (tertiary/aromatic N) is 1. The van der Waals surface area contributed by atoms with Gasteiger partial charge < -0.3 is 34.3 Å². The Morgan fingerprint density at radius 2 is 1.54 bits per heavy atom. The Balaban J connectivity index is 1.93. The van der Waals surface area contributed by atoms with Crippen molar-refractivity contribution in [2.24, 2.45) is 5.73 Å². The van der Waals surface area contributed by atoms with Crippen LogP contribution in [0.1, 0.15) is 11.1 Å². The van der Waals surface area contributed by atoms with E-state index in [0.29, 0.717) is 28.1 Å². The molecule has 0 unspecified atom stereocenters. The van der Waals surface area contributed by atoms with Gasteiger partial charge in [-0.05, 0) is 42.0 Å². The zero-order valence-corrected chi connectivity index (χ0v) is 19.5. The highest BCUT2D eigenvalue weighted by Crippen LogP contribution is 2.37. The summed E-state index contributed by atoms with van der Waals surface area (Å²) in [5, 5.41) is 7.53. The molecule has 11 nitrogen and oxygen atoms in total. The molecule has 0 spiro atoms. The lowest BCUT2D eigenvalue weighted by Gasteiger charge is -2.17. The Morgan fingerprint density at radius 1 is 0.943 bits per heavy atom. The fourth-order valence-electron chi connectivity index (χ4n) is 3.32. The van der Waals surface area contributed by atoms with Crippen LogP contribution in [-0.2, 0) is 28.6 Å². The molecule has 0 aromatic heterocycles. The second kappa shape index (κ2) is 11.1. The molecule has 0 bridgehead atoms. The first-order valence-electron chi connectivity index (χ1n) is 10.4. The van der Waals surface area contributed by atoms with Crippen molar-refractivity contribution in [2.75, 3.05) is 46.0 Å². The van der Waals surface area contributed by atoms with Crippen molar-refractivity contribution < 1.29 is 38.1 Å². The number of carbonyl (C=O) groups excluding carboxylic acids is 3. The molecule has 1 heterocycles. The number of nitrogen functional groups attached to an aromatic ring is 1. The van der Waals surface area contributed by atoms with E-state index in [2.05, 4.69) is 9.47 Å². The number of anilines is 1. The van der Waals surface area contributed by atoms with Crippen molar-refractivity contribution in [3.63, 3.8) is 0 Å². The Morgan fingerprint density at radius 3 is 2.09 bits per heavy atom. The van der Waals surface area contributed by atoms with Gasteiger partial charge in [0.1, 0.15) is 11.6 Å². The normalized spacial score (nSPS) is 12.9.